The molecule has 2 aromatic heterocycles. The minimum absolute atomic E-state index is 0.0334. The Morgan fingerprint density at radius 2 is 2.04 bits per heavy atom. The second kappa shape index (κ2) is 8.16. The van der Waals surface area contributed by atoms with Crippen molar-refractivity contribution < 1.29 is 4.79 Å². The highest BCUT2D eigenvalue weighted by Gasteiger charge is 2.16. The monoisotopic (exact) mass is 365 g/mol. The summed E-state index contributed by atoms with van der Waals surface area (Å²) in [6.07, 6.45) is 8.42. The Morgan fingerprint density at radius 3 is 2.79 bits per heavy atom. The molecule has 2 heterocycles. The lowest BCUT2D eigenvalue weighted by atomic mass is 9.97. The number of nitrogens with one attached hydrogen (secondary N) is 1. The highest BCUT2D eigenvalue weighted by Crippen LogP contribution is 2.21. The largest absolute Gasteiger partial charge is 0.353 e. The third kappa shape index (κ3) is 4.19. The number of hydrogen-bond acceptors (Lipinski definition) is 5. The van der Waals surface area contributed by atoms with E-state index in [-0.39, 0.29) is 11.5 Å². The predicted molar refractivity (Wildman–Crippen MR) is 99.8 cm³/mol. The molecule has 2 aromatic rings. The molecule has 0 atom stereocenters. The molecule has 3 rings (SSSR count). The maximum Gasteiger partial charge on any atom is 0.262 e. The first-order chi connectivity index (χ1) is 11.6. The molecule has 0 unspecified atom stereocenters. The molecular formula is C17H23N3O2S2. The van der Waals surface area contributed by atoms with E-state index in [0.29, 0.717) is 22.3 Å². The number of thioether (sulfide) groups is 1. The summed E-state index contributed by atoms with van der Waals surface area (Å²) in [4.78, 5) is 29.7. The Kier molecular flexibility index (Phi) is 5.94. The molecule has 1 fully saturated rings. The number of aromatic nitrogens is 2. The van der Waals surface area contributed by atoms with Crippen LogP contribution in [0.15, 0.2) is 21.4 Å². The molecule has 1 aliphatic rings. The Hall–Kier alpha value is -1.34. The molecule has 24 heavy (non-hydrogen) atoms. The predicted octanol–water partition coefficient (Wildman–Crippen LogP) is 3.32. The number of rotatable bonds is 4. The van der Waals surface area contributed by atoms with Gasteiger partial charge in [-0.15, -0.1) is 11.3 Å². The van der Waals surface area contributed by atoms with Crippen molar-refractivity contribution in [2.75, 3.05) is 5.75 Å². The second-order valence-electron chi connectivity index (χ2n) is 6.30. The van der Waals surface area contributed by atoms with Crippen LogP contribution in [0.2, 0.25) is 0 Å². The third-order valence-corrected chi connectivity index (χ3v) is 6.30. The summed E-state index contributed by atoms with van der Waals surface area (Å²) in [6.45, 7) is 0. The van der Waals surface area contributed by atoms with E-state index in [2.05, 4.69) is 10.3 Å². The standard InChI is InChI=1S/C17H23N3O2S2/c1-20-16(22)13-9-10-23-15(13)19-17(20)24-11-14(21)18-12-7-5-3-2-4-6-8-12/h9-10,12H,2-8,11H2,1H3,(H,18,21). The zero-order valence-electron chi connectivity index (χ0n) is 13.9. The minimum atomic E-state index is -0.0517. The molecular weight excluding hydrogens is 342 g/mol. The van der Waals surface area contributed by atoms with Gasteiger partial charge in [-0.05, 0) is 24.3 Å². The molecule has 1 N–H and O–H groups in total. The van der Waals surface area contributed by atoms with Crippen LogP contribution in [-0.2, 0) is 11.8 Å². The SMILES string of the molecule is Cn1c(SCC(=O)NC2CCCCCCC2)nc2sccc2c1=O. The number of amides is 1. The molecule has 130 valence electrons. The summed E-state index contributed by atoms with van der Waals surface area (Å²) in [5.74, 6) is 0.333. The summed E-state index contributed by atoms with van der Waals surface area (Å²) >= 11 is 2.78. The van der Waals surface area contributed by atoms with Gasteiger partial charge in [-0.25, -0.2) is 4.98 Å². The molecule has 0 spiro atoms. The lowest BCUT2D eigenvalue weighted by Gasteiger charge is -2.21. The van der Waals surface area contributed by atoms with Gasteiger partial charge in [0.15, 0.2) is 5.16 Å². The van der Waals surface area contributed by atoms with E-state index in [1.165, 1.54) is 59.8 Å². The van der Waals surface area contributed by atoms with E-state index in [4.69, 9.17) is 0 Å². The van der Waals surface area contributed by atoms with Crippen LogP contribution in [0.4, 0.5) is 0 Å². The van der Waals surface area contributed by atoms with E-state index >= 15 is 0 Å². The van der Waals surface area contributed by atoms with Gasteiger partial charge in [-0.1, -0.05) is 43.9 Å². The van der Waals surface area contributed by atoms with Gasteiger partial charge in [0, 0.05) is 13.1 Å². The van der Waals surface area contributed by atoms with Gasteiger partial charge in [0.25, 0.3) is 5.56 Å². The van der Waals surface area contributed by atoms with Crippen molar-refractivity contribution in [3.63, 3.8) is 0 Å². The van der Waals surface area contributed by atoms with Gasteiger partial charge >= 0.3 is 0 Å². The summed E-state index contributed by atoms with van der Waals surface area (Å²) < 4.78 is 1.53. The summed E-state index contributed by atoms with van der Waals surface area (Å²) in [5, 5.41) is 6.26. The van der Waals surface area contributed by atoms with Crippen LogP contribution < -0.4 is 10.9 Å². The fraction of sp³-hybridized carbons (Fsp3) is 0.588. The second-order valence-corrected chi connectivity index (χ2v) is 8.13. The molecule has 0 bridgehead atoms. The molecule has 0 aromatic carbocycles. The van der Waals surface area contributed by atoms with Crippen molar-refractivity contribution in [1.82, 2.24) is 14.9 Å². The van der Waals surface area contributed by atoms with Crippen LogP contribution >= 0.6 is 23.1 Å². The number of thiophene rings is 1. The van der Waals surface area contributed by atoms with Crippen LogP contribution in [0.1, 0.15) is 44.9 Å². The molecule has 1 saturated carbocycles. The molecule has 1 amide bonds. The smallest absolute Gasteiger partial charge is 0.262 e. The fourth-order valence-electron chi connectivity index (χ4n) is 3.11. The van der Waals surface area contributed by atoms with Crippen molar-refractivity contribution in [3.8, 4) is 0 Å². The average Bonchev–Trinajstić information content (AvgIpc) is 3.00. The van der Waals surface area contributed by atoms with Gasteiger partial charge < -0.3 is 5.32 Å². The van der Waals surface area contributed by atoms with Crippen LogP contribution in [0.3, 0.4) is 0 Å². The van der Waals surface area contributed by atoms with Gasteiger partial charge in [0.1, 0.15) is 4.83 Å². The Labute approximate surface area is 149 Å². The summed E-state index contributed by atoms with van der Waals surface area (Å²) in [6, 6.07) is 2.10. The van der Waals surface area contributed by atoms with Crippen molar-refractivity contribution >= 4 is 39.2 Å². The fourth-order valence-corrected chi connectivity index (χ4v) is 4.70. The Morgan fingerprint density at radius 1 is 1.33 bits per heavy atom. The molecule has 0 saturated heterocycles. The molecule has 0 radical (unpaired) electrons. The minimum Gasteiger partial charge on any atom is -0.353 e. The van der Waals surface area contributed by atoms with Gasteiger partial charge in [-0.2, -0.15) is 0 Å². The number of nitrogens with zero attached hydrogens (tertiary/aromatic N) is 2. The average molecular weight is 366 g/mol. The Bertz CT molecular complexity index is 761. The number of fused-ring (bicyclic) bond motifs is 1. The van der Waals surface area contributed by atoms with E-state index in [0.717, 1.165) is 17.7 Å². The number of carbonyl (C=O) groups excluding carboxylic acids is 1. The van der Waals surface area contributed by atoms with Crippen LogP contribution in [-0.4, -0.2) is 27.3 Å². The normalized spacial score (nSPS) is 16.7. The van der Waals surface area contributed by atoms with E-state index < -0.39 is 0 Å². The first-order valence-corrected chi connectivity index (χ1v) is 10.4. The summed E-state index contributed by atoms with van der Waals surface area (Å²) in [5.41, 5.74) is -0.0517. The maximum atomic E-state index is 12.3. The van der Waals surface area contributed by atoms with Gasteiger partial charge in [0.2, 0.25) is 5.91 Å². The van der Waals surface area contributed by atoms with E-state index in [1.807, 2.05) is 5.38 Å². The summed E-state index contributed by atoms with van der Waals surface area (Å²) in [7, 11) is 1.71. The highest BCUT2D eigenvalue weighted by atomic mass is 32.2. The van der Waals surface area contributed by atoms with Crippen molar-refractivity contribution in [2.45, 2.75) is 56.1 Å². The molecule has 1 aliphatic carbocycles. The first kappa shape index (κ1) is 17.5. The van der Waals surface area contributed by atoms with Crippen molar-refractivity contribution in [1.29, 1.82) is 0 Å². The topological polar surface area (TPSA) is 64.0 Å². The molecule has 5 nitrogen and oxygen atoms in total. The molecule has 7 heteroatoms. The first-order valence-electron chi connectivity index (χ1n) is 8.51. The van der Waals surface area contributed by atoms with Gasteiger partial charge in [-0.3, -0.25) is 14.2 Å². The zero-order valence-corrected chi connectivity index (χ0v) is 15.5. The van der Waals surface area contributed by atoms with Gasteiger partial charge in [0.05, 0.1) is 11.1 Å². The van der Waals surface area contributed by atoms with Crippen molar-refractivity contribution in [3.05, 3.63) is 21.8 Å². The van der Waals surface area contributed by atoms with E-state index in [9.17, 15) is 9.59 Å². The quantitative estimate of drug-likeness (QED) is 0.667. The zero-order chi connectivity index (χ0) is 16.9. The lowest BCUT2D eigenvalue weighted by molar-refractivity contribution is -0.119. The van der Waals surface area contributed by atoms with Crippen LogP contribution in [0.25, 0.3) is 10.2 Å². The molecule has 0 aliphatic heterocycles. The maximum absolute atomic E-state index is 12.3. The third-order valence-electron chi connectivity index (χ3n) is 4.47. The number of hydrogen-bond donors (Lipinski definition) is 1. The Balaban J connectivity index is 1.59. The highest BCUT2D eigenvalue weighted by molar-refractivity contribution is 7.99. The van der Waals surface area contributed by atoms with Crippen LogP contribution in [0, 0.1) is 0 Å². The van der Waals surface area contributed by atoms with Crippen molar-refractivity contribution in [2.24, 2.45) is 7.05 Å². The number of carbonyl (C=O) groups is 1. The lowest BCUT2D eigenvalue weighted by Crippen LogP contribution is -2.36. The van der Waals surface area contributed by atoms with E-state index in [1.54, 1.807) is 13.1 Å². The van der Waals surface area contributed by atoms with Crippen LogP contribution in [0.5, 0.6) is 0 Å².